The molecule has 1 fully saturated rings. The van der Waals surface area contributed by atoms with Crippen molar-refractivity contribution in [3.63, 3.8) is 0 Å². The third-order valence-electron chi connectivity index (χ3n) is 3.43. The molecule has 1 aliphatic rings. The van der Waals surface area contributed by atoms with Crippen LogP contribution in [0.4, 0.5) is 8.78 Å². The highest BCUT2D eigenvalue weighted by Gasteiger charge is 2.44. The largest absolute Gasteiger partial charge is 0.493 e. The molecule has 9 heteroatoms. The number of carboxylic acid groups (broad SMARTS) is 1. The number of methoxy groups -OCH3 is 1. The summed E-state index contributed by atoms with van der Waals surface area (Å²) in [5, 5.41) is 11.7. The van der Waals surface area contributed by atoms with Crippen molar-refractivity contribution in [2.45, 2.75) is 18.6 Å². The highest BCUT2D eigenvalue weighted by atomic mass is 19.3. The number of carboxylic acids is 1. The summed E-state index contributed by atoms with van der Waals surface area (Å²) in [6.45, 7) is -3.05. The molecule has 0 bridgehead atoms. The Kier molecular flexibility index (Phi) is 4.99. The molecule has 23 heavy (non-hydrogen) atoms. The monoisotopic (exact) mass is 331 g/mol. The van der Waals surface area contributed by atoms with Crippen LogP contribution in [0.3, 0.4) is 0 Å². The number of amides is 1. The van der Waals surface area contributed by atoms with Crippen LogP contribution >= 0.6 is 0 Å². The number of hydrogen-bond donors (Lipinski definition) is 2. The van der Waals surface area contributed by atoms with Crippen molar-refractivity contribution in [3.8, 4) is 11.5 Å². The topological polar surface area (TPSA) is 94.1 Å². The summed E-state index contributed by atoms with van der Waals surface area (Å²) in [4.78, 5) is 23.6. The summed E-state index contributed by atoms with van der Waals surface area (Å²) < 4.78 is 39.0. The molecule has 1 saturated heterocycles. The van der Waals surface area contributed by atoms with Crippen molar-refractivity contribution in [2.75, 3.05) is 20.3 Å². The molecule has 1 aliphatic heterocycles. The lowest BCUT2D eigenvalue weighted by Crippen LogP contribution is -2.55. The lowest BCUT2D eigenvalue weighted by molar-refractivity contribution is -0.144. The minimum atomic E-state index is -3.09. The average molecular weight is 331 g/mol. The molecule has 1 atom stereocenters. The molecule has 0 radical (unpaired) electrons. The van der Waals surface area contributed by atoms with E-state index in [9.17, 15) is 23.5 Å². The minimum absolute atomic E-state index is 0.0268. The van der Waals surface area contributed by atoms with Gasteiger partial charge in [0.1, 0.15) is 0 Å². The van der Waals surface area contributed by atoms with E-state index in [1.807, 2.05) is 0 Å². The molecule has 1 aromatic carbocycles. The normalized spacial score (nSPS) is 20.3. The highest BCUT2D eigenvalue weighted by molar-refractivity contribution is 5.98. The van der Waals surface area contributed by atoms with Crippen LogP contribution in [0.5, 0.6) is 11.5 Å². The van der Waals surface area contributed by atoms with E-state index in [0.717, 1.165) is 6.07 Å². The highest BCUT2D eigenvalue weighted by Crippen LogP contribution is 2.30. The van der Waals surface area contributed by atoms with Crippen molar-refractivity contribution >= 4 is 11.9 Å². The van der Waals surface area contributed by atoms with Gasteiger partial charge in [0.15, 0.2) is 17.0 Å². The number of carbonyl (C=O) groups excluding carboxylic acids is 1. The summed E-state index contributed by atoms with van der Waals surface area (Å²) >= 11 is 0. The minimum Gasteiger partial charge on any atom is -0.493 e. The number of carbonyl (C=O) groups is 2. The Hall–Kier alpha value is -2.42. The lowest BCUT2D eigenvalue weighted by atomic mass is 9.98. The molecule has 0 aromatic heterocycles. The van der Waals surface area contributed by atoms with E-state index in [0.29, 0.717) is 0 Å². The lowest BCUT2D eigenvalue weighted by Gasteiger charge is -2.23. The third kappa shape index (κ3) is 3.67. The van der Waals surface area contributed by atoms with Gasteiger partial charge in [0.05, 0.1) is 13.7 Å². The first-order valence-corrected chi connectivity index (χ1v) is 6.64. The van der Waals surface area contributed by atoms with Crippen molar-refractivity contribution in [2.24, 2.45) is 0 Å². The van der Waals surface area contributed by atoms with Crippen molar-refractivity contribution in [1.82, 2.24) is 5.32 Å². The van der Waals surface area contributed by atoms with Gasteiger partial charge < -0.3 is 24.6 Å². The molecule has 1 amide bonds. The molecule has 1 aromatic rings. The zero-order chi connectivity index (χ0) is 17.0. The zero-order valence-electron chi connectivity index (χ0n) is 12.2. The number of alkyl halides is 2. The SMILES string of the molecule is COc1ccc(C(=O)NC2(C(=O)O)CCOC2)cc1OC(F)F. The Morgan fingerprint density at radius 1 is 1.39 bits per heavy atom. The van der Waals surface area contributed by atoms with Gasteiger partial charge in [0.25, 0.3) is 5.91 Å². The Labute approximate surface area is 130 Å². The summed E-state index contributed by atoms with van der Waals surface area (Å²) in [6.07, 6.45) is 0.116. The maximum Gasteiger partial charge on any atom is 0.387 e. The number of nitrogens with one attached hydrogen (secondary N) is 1. The zero-order valence-corrected chi connectivity index (χ0v) is 12.2. The average Bonchev–Trinajstić information content (AvgIpc) is 2.96. The molecule has 0 spiro atoms. The first-order valence-electron chi connectivity index (χ1n) is 6.64. The van der Waals surface area contributed by atoms with Crippen molar-refractivity contribution < 1.29 is 37.7 Å². The molecule has 0 aliphatic carbocycles. The Morgan fingerprint density at radius 2 is 2.13 bits per heavy atom. The van der Waals surface area contributed by atoms with E-state index in [4.69, 9.17) is 9.47 Å². The second-order valence-corrected chi connectivity index (χ2v) is 4.89. The third-order valence-corrected chi connectivity index (χ3v) is 3.43. The van der Waals surface area contributed by atoms with Gasteiger partial charge in [0.2, 0.25) is 0 Å². The predicted molar refractivity (Wildman–Crippen MR) is 72.9 cm³/mol. The van der Waals surface area contributed by atoms with Crippen LogP contribution in [0.2, 0.25) is 0 Å². The van der Waals surface area contributed by atoms with Crippen LogP contribution in [0.1, 0.15) is 16.8 Å². The molecule has 0 saturated carbocycles. The van der Waals surface area contributed by atoms with Crippen molar-refractivity contribution in [3.05, 3.63) is 23.8 Å². The standard InChI is InChI=1S/C14H15F2NO6/c1-21-9-3-2-8(6-10(9)23-13(15)16)11(18)17-14(12(19)20)4-5-22-7-14/h2-3,6,13H,4-5,7H2,1H3,(H,17,18)(H,19,20). The summed E-state index contributed by atoms with van der Waals surface area (Å²) in [7, 11) is 1.27. The first kappa shape index (κ1) is 16.9. The second kappa shape index (κ2) is 6.78. The van der Waals surface area contributed by atoms with Gasteiger partial charge in [0, 0.05) is 18.6 Å². The number of ether oxygens (including phenoxy) is 3. The van der Waals surface area contributed by atoms with E-state index >= 15 is 0 Å². The van der Waals surface area contributed by atoms with E-state index in [1.165, 1.54) is 19.2 Å². The van der Waals surface area contributed by atoms with Gasteiger partial charge in [-0.1, -0.05) is 0 Å². The van der Waals surface area contributed by atoms with Crippen LogP contribution in [-0.4, -0.2) is 49.5 Å². The molecule has 1 heterocycles. The molecular weight excluding hydrogens is 316 g/mol. The second-order valence-electron chi connectivity index (χ2n) is 4.89. The van der Waals surface area contributed by atoms with Crippen molar-refractivity contribution in [1.29, 1.82) is 0 Å². The van der Waals surface area contributed by atoms with Crippen LogP contribution in [0.25, 0.3) is 0 Å². The Balaban J connectivity index is 2.23. The summed E-state index contributed by atoms with van der Waals surface area (Å²) in [5.74, 6) is -2.25. The summed E-state index contributed by atoms with van der Waals surface area (Å²) in [6, 6.07) is 3.66. The predicted octanol–water partition coefficient (Wildman–Crippen LogP) is 1.27. The Morgan fingerprint density at radius 3 is 2.65 bits per heavy atom. The fraction of sp³-hybridized carbons (Fsp3) is 0.429. The quantitative estimate of drug-likeness (QED) is 0.815. The fourth-order valence-corrected chi connectivity index (χ4v) is 2.18. The first-order chi connectivity index (χ1) is 10.9. The molecular formula is C14H15F2NO6. The number of halogens is 2. The number of benzene rings is 1. The van der Waals surface area contributed by atoms with Crippen LogP contribution in [-0.2, 0) is 9.53 Å². The number of aliphatic carboxylic acids is 1. The van der Waals surface area contributed by atoms with Gasteiger partial charge in [-0.25, -0.2) is 4.79 Å². The fourth-order valence-electron chi connectivity index (χ4n) is 2.18. The Bertz CT molecular complexity index is 601. The van der Waals surface area contributed by atoms with E-state index in [-0.39, 0.29) is 36.7 Å². The maximum absolute atomic E-state index is 12.4. The van der Waals surface area contributed by atoms with Gasteiger partial charge in [-0.15, -0.1) is 0 Å². The molecule has 2 rings (SSSR count). The molecule has 2 N–H and O–H groups in total. The van der Waals surface area contributed by atoms with Gasteiger partial charge in [-0.2, -0.15) is 8.78 Å². The van der Waals surface area contributed by atoms with E-state index in [2.05, 4.69) is 10.1 Å². The number of rotatable bonds is 6. The maximum atomic E-state index is 12.4. The summed E-state index contributed by atoms with van der Waals surface area (Å²) in [5.41, 5.74) is -1.56. The molecule has 7 nitrogen and oxygen atoms in total. The van der Waals surface area contributed by atoms with Gasteiger partial charge in [-0.05, 0) is 18.2 Å². The van der Waals surface area contributed by atoms with Gasteiger partial charge >= 0.3 is 12.6 Å². The number of hydrogen-bond acceptors (Lipinski definition) is 5. The van der Waals surface area contributed by atoms with E-state index in [1.54, 1.807) is 0 Å². The molecule has 126 valence electrons. The smallest absolute Gasteiger partial charge is 0.387 e. The van der Waals surface area contributed by atoms with Crippen LogP contribution in [0.15, 0.2) is 18.2 Å². The van der Waals surface area contributed by atoms with Crippen LogP contribution in [0, 0.1) is 0 Å². The van der Waals surface area contributed by atoms with E-state index < -0.39 is 24.0 Å². The van der Waals surface area contributed by atoms with Crippen LogP contribution < -0.4 is 14.8 Å². The van der Waals surface area contributed by atoms with Gasteiger partial charge in [-0.3, -0.25) is 4.79 Å². The molecule has 1 unspecified atom stereocenters.